The van der Waals surface area contributed by atoms with E-state index in [1.165, 1.54) is 0 Å². The zero-order valence-electron chi connectivity index (χ0n) is 15.7. The summed E-state index contributed by atoms with van der Waals surface area (Å²) in [5.41, 5.74) is 6.94. The highest BCUT2D eigenvalue weighted by molar-refractivity contribution is 5.78. The monoisotopic (exact) mass is 364 g/mol. The summed E-state index contributed by atoms with van der Waals surface area (Å²) < 4.78 is 15.6. The van der Waals surface area contributed by atoms with E-state index in [1.54, 1.807) is 26.0 Å². The van der Waals surface area contributed by atoms with E-state index in [2.05, 4.69) is 10.3 Å². The maximum absolute atomic E-state index is 11.7. The number of carbonyl (C=O) groups excluding carboxylic acids is 1. The van der Waals surface area contributed by atoms with Gasteiger partial charge in [0.2, 0.25) is 0 Å². The second kappa shape index (κ2) is 9.74. The number of nitrogens with two attached hydrogens (primary N) is 1. The number of aliphatic imine (C=N–C) groups is 1. The van der Waals surface area contributed by atoms with Crippen molar-refractivity contribution in [1.29, 1.82) is 0 Å². The summed E-state index contributed by atoms with van der Waals surface area (Å²) in [6.07, 6.45) is 1.36. The predicted molar refractivity (Wildman–Crippen MR) is 99.6 cm³/mol. The van der Waals surface area contributed by atoms with Crippen LogP contribution in [0.3, 0.4) is 0 Å². The molecule has 3 N–H and O–H groups in total. The number of ether oxygens (including phenoxy) is 3. The van der Waals surface area contributed by atoms with E-state index in [-0.39, 0.29) is 12.1 Å². The van der Waals surface area contributed by atoms with Crippen LogP contribution in [0.1, 0.15) is 25.3 Å². The van der Waals surface area contributed by atoms with Crippen LogP contribution in [0, 0.1) is 0 Å². The molecule has 1 saturated heterocycles. The normalized spacial score (nSPS) is 15.5. The second-order valence-electron chi connectivity index (χ2n) is 5.98. The summed E-state index contributed by atoms with van der Waals surface area (Å²) in [6.45, 7) is 3.91. The minimum Gasteiger partial charge on any atom is -0.497 e. The molecule has 1 aromatic rings. The number of rotatable bonds is 6. The topological polar surface area (TPSA) is 98.4 Å². The first-order valence-electron chi connectivity index (χ1n) is 8.76. The molecule has 0 unspecified atom stereocenters. The third-order valence-electron chi connectivity index (χ3n) is 4.29. The fraction of sp³-hybridized carbons (Fsp3) is 0.556. The molecule has 1 aliphatic heterocycles. The molecule has 0 saturated carbocycles. The molecule has 0 aliphatic carbocycles. The third kappa shape index (κ3) is 5.44. The first-order valence-corrected chi connectivity index (χ1v) is 8.76. The largest absolute Gasteiger partial charge is 0.497 e. The van der Waals surface area contributed by atoms with Gasteiger partial charge in [0.15, 0.2) is 5.96 Å². The molecule has 1 fully saturated rings. The summed E-state index contributed by atoms with van der Waals surface area (Å²) >= 11 is 0. The molecule has 0 atom stereocenters. The van der Waals surface area contributed by atoms with Crippen molar-refractivity contribution in [3.8, 4) is 11.5 Å². The van der Waals surface area contributed by atoms with Crippen molar-refractivity contribution in [2.75, 3.05) is 33.9 Å². The lowest BCUT2D eigenvalue weighted by Gasteiger charge is -2.31. The van der Waals surface area contributed by atoms with Crippen LogP contribution in [-0.2, 0) is 11.3 Å². The molecule has 0 bridgehead atoms. The van der Waals surface area contributed by atoms with E-state index in [0.717, 1.165) is 24.2 Å². The van der Waals surface area contributed by atoms with E-state index >= 15 is 0 Å². The van der Waals surface area contributed by atoms with Gasteiger partial charge in [-0.05, 0) is 31.9 Å². The van der Waals surface area contributed by atoms with Crippen LogP contribution in [0.25, 0.3) is 0 Å². The minimum absolute atomic E-state index is 0.196. The molecule has 144 valence electrons. The molecule has 1 aromatic carbocycles. The third-order valence-corrected chi connectivity index (χ3v) is 4.29. The van der Waals surface area contributed by atoms with Crippen LogP contribution in [0.4, 0.5) is 4.79 Å². The Morgan fingerprint density at radius 3 is 2.65 bits per heavy atom. The van der Waals surface area contributed by atoms with Gasteiger partial charge in [0.05, 0.1) is 27.4 Å². The number of amides is 1. The SMILES string of the molecule is CCOC(=O)N1CCC(NC(N)=NCc2ccc(OC)cc2OC)CC1. The predicted octanol–water partition coefficient (Wildman–Crippen LogP) is 1.73. The van der Waals surface area contributed by atoms with Gasteiger partial charge in [0, 0.05) is 30.8 Å². The Kier molecular flexibility index (Phi) is 7.37. The number of guanidine groups is 1. The fourth-order valence-electron chi connectivity index (χ4n) is 2.83. The van der Waals surface area contributed by atoms with Crippen molar-refractivity contribution in [1.82, 2.24) is 10.2 Å². The van der Waals surface area contributed by atoms with Crippen molar-refractivity contribution in [2.24, 2.45) is 10.7 Å². The van der Waals surface area contributed by atoms with Crippen molar-refractivity contribution >= 4 is 12.1 Å². The fourth-order valence-corrected chi connectivity index (χ4v) is 2.83. The lowest BCUT2D eigenvalue weighted by atomic mass is 10.1. The van der Waals surface area contributed by atoms with Crippen LogP contribution in [0.5, 0.6) is 11.5 Å². The Bertz CT molecular complexity index is 628. The number of hydrogen-bond acceptors (Lipinski definition) is 5. The summed E-state index contributed by atoms with van der Waals surface area (Å²) in [7, 11) is 3.22. The molecule has 8 heteroatoms. The van der Waals surface area contributed by atoms with Crippen molar-refractivity contribution in [2.45, 2.75) is 32.4 Å². The maximum atomic E-state index is 11.7. The van der Waals surface area contributed by atoms with Crippen LogP contribution < -0.4 is 20.5 Å². The highest BCUT2D eigenvalue weighted by Crippen LogP contribution is 2.25. The van der Waals surface area contributed by atoms with E-state index in [4.69, 9.17) is 19.9 Å². The van der Waals surface area contributed by atoms with E-state index in [1.807, 2.05) is 18.2 Å². The summed E-state index contributed by atoms with van der Waals surface area (Å²) in [5, 5.41) is 3.22. The number of nitrogens with zero attached hydrogens (tertiary/aromatic N) is 2. The number of methoxy groups -OCH3 is 2. The summed E-state index contributed by atoms with van der Waals surface area (Å²) in [6, 6.07) is 5.79. The van der Waals surface area contributed by atoms with Gasteiger partial charge in [-0.15, -0.1) is 0 Å². The average Bonchev–Trinajstić information content (AvgIpc) is 2.67. The van der Waals surface area contributed by atoms with E-state index in [0.29, 0.717) is 38.0 Å². The van der Waals surface area contributed by atoms with Crippen molar-refractivity contribution < 1.29 is 19.0 Å². The first-order chi connectivity index (χ1) is 12.6. The number of carbonyl (C=O) groups is 1. The van der Waals surface area contributed by atoms with Gasteiger partial charge >= 0.3 is 6.09 Å². The number of nitrogens with one attached hydrogen (secondary N) is 1. The highest BCUT2D eigenvalue weighted by atomic mass is 16.6. The van der Waals surface area contributed by atoms with Crippen LogP contribution in [-0.4, -0.2) is 56.9 Å². The van der Waals surface area contributed by atoms with Crippen LogP contribution in [0.15, 0.2) is 23.2 Å². The Balaban J connectivity index is 1.85. The molecule has 1 aliphatic rings. The van der Waals surface area contributed by atoms with Gasteiger partial charge in [0.25, 0.3) is 0 Å². The lowest BCUT2D eigenvalue weighted by Crippen LogP contribution is -2.48. The molecule has 0 spiro atoms. The van der Waals surface area contributed by atoms with Gasteiger partial charge in [-0.25, -0.2) is 9.79 Å². The molecule has 1 heterocycles. The van der Waals surface area contributed by atoms with Crippen molar-refractivity contribution in [3.05, 3.63) is 23.8 Å². The maximum Gasteiger partial charge on any atom is 0.409 e. The number of benzene rings is 1. The molecule has 0 aromatic heterocycles. The quantitative estimate of drug-likeness (QED) is 0.589. The molecule has 26 heavy (non-hydrogen) atoms. The Labute approximate surface area is 154 Å². The van der Waals surface area contributed by atoms with Gasteiger partial charge in [-0.2, -0.15) is 0 Å². The Hall–Kier alpha value is -2.64. The summed E-state index contributed by atoms with van der Waals surface area (Å²) in [5.74, 6) is 1.83. The summed E-state index contributed by atoms with van der Waals surface area (Å²) in [4.78, 5) is 17.8. The Morgan fingerprint density at radius 1 is 1.31 bits per heavy atom. The lowest BCUT2D eigenvalue weighted by molar-refractivity contribution is 0.0963. The van der Waals surface area contributed by atoms with Gasteiger partial charge in [-0.1, -0.05) is 0 Å². The molecule has 1 amide bonds. The van der Waals surface area contributed by atoms with Gasteiger partial charge < -0.3 is 30.2 Å². The van der Waals surface area contributed by atoms with Crippen LogP contribution >= 0.6 is 0 Å². The zero-order chi connectivity index (χ0) is 18.9. The first kappa shape index (κ1) is 19.7. The van der Waals surface area contributed by atoms with Gasteiger partial charge in [-0.3, -0.25) is 0 Å². The standard InChI is InChI=1S/C18H28N4O4/c1-4-26-18(23)22-9-7-14(8-10-22)21-17(19)20-12-13-5-6-15(24-2)11-16(13)25-3/h5-6,11,14H,4,7-10,12H2,1-3H3,(H3,19,20,21). The van der Waals surface area contributed by atoms with E-state index in [9.17, 15) is 4.79 Å². The van der Waals surface area contributed by atoms with E-state index < -0.39 is 0 Å². The molecule has 0 radical (unpaired) electrons. The Morgan fingerprint density at radius 2 is 2.04 bits per heavy atom. The molecular formula is C18H28N4O4. The molecular weight excluding hydrogens is 336 g/mol. The minimum atomic E-state index is -0.251. The van der Waals surface area contributed by atoms with Crippen LogP contribution in [0.2, 0.25) is 0 Å². The second-order valence-corrected chi connectivity index (χ2v) is 5.98. The highest BCUT2D eigenvalue weighted by Gasteiger charge is 2.23. The number of likely N-dealkylation sites (tertiary alicyclic amines) is 1. The smallest absolute Gasteiger partial charge is 0.409 e. The van der Waals surface area contributed by atoms with Crippen molar-refractivity contribution in [3.63, 3.8) is 0 Å². The van der Waals surface area contributed by atoms with Gasteiger partial charge in [0.1, 0.15) is 11.5 Å². The number of hydrogen-bond donors (Lipinski definition) is 2. The zero-order valence-corrected chi connectivity index (χ0v) is 15.7. The average molecular weight is 364 g/mol. The molecule has 8 nitrogen and oxygen atoms in total. The molecule has 2 rings (SSSR count). The number of piperidine rings is 1.